The fraction of sp³-hybridized carbons (Fsp3) is 0.421. The molecule has 8 heteroatoms. The van der Waals surface area contributed by atoms with E-state index in [4.69, 9.17) is 28.3 Å². The van der Waals surface area contributed by atoms with Crippen LogP contribution in [0.2, 0.25) is 10.0 Å². The van der Waals surface area contributed by atoms with Crippen LogP contribution in [-0.2, 0) is 14.4 Å². The first-order chi connectivity index (χ1) is 12.8. The van der Waals surface area contributed by atoms with Gasteiger partial charge in [0.25, 0.3) is 0 Å². The predicted octanol–water partition coefficient (Wildman–Crippen LogP) is 3.22. The molecule has 1 heterocycles. The molecule has 2 amide bonds. The standard InChI is InChI=1S/C19H22Cl2N2O4/c1-12(19(26)27)11-16(24)22-14-7-9-23(10-8-14)17(25)6-5-13-3-2-4-15(20)18(13)21/h2-6,12,14H,7-11H2,1H3,(H,22,24)(H,26,27)/b6-5+/t12-/m0/s1. The lowest BCUT2D eigenvalue weighted by molar-refractivity contribution is -0.143. The summed E-state index contributed by atoms with van der Waals surface area (Å²) in [6, 6.07) is 5.17. The highest BCUT2D eigenvalue weighted by molar-refractivity contribution is 6.42. The normalized spacial score (nSPS) is 16.3. The Labute approximate surface area is 168 Å². The van der Waals surface area contributed by atoms with Gasteiger partial charge in [0.15, 0.2) is 0 Å². The summed E-state index contributed by atoms with van der Waals surface area (Å²) in [6.07, 6.45) is 4.32. The van der Waals surface area contributed by atoms with Crippen LogP contribution in [-0.4, -0.2) is 46.9 Å². The van der Waals surface area contributed by atoms with Crippen molar-refractivity contribution in [3.63, 3.8) is 0 Å². The van der Waals surface area contributed by atoms with E-state index in [1.807, 2.05) is 0 Å². The summed E-state index contributed by atoms with van der Waals surface area (Å²) in [4.78, 5) is 36.7. The van der Waals surface area contributed by atoms with Gasteiger partial charge in [-0.3, -0.25) is 14.4 Å². The second kappa shape index (κ2) is 9.76. The minimum atomic E-state index is -0.989. The van der Waals surface area contributed by atoms with Crippen LogP contribution in [0.5, 0.6) is 0 Å². The quantitative estimate of drug-likeness (QED) is 0.702. The van der Waals surface area contributed by atoms with Crippen LogP contribution in [0.3, 0.4) is 0 Å². The molecule has 0 saturated carbocycles. The third-order valence-electron chi connectivity index (χ3n) is 4.47. The molecular formula is C19H22Cl2N2O4. The van der Waals surface area contributed by atoms with Crippen LogP contribution in [0, 0.1) is 5.92 Å². The fourth-order valence-electron chi connectivity index (χ4n) is 2.81. The minimum Gasteiger partial charge on any atom is -0.481 e. The van der Waals surface area contributed by atoms with Crippen molar-refractivity contribution < 1.29 is 19.5 Å². The van der Waals surface area contributed by atoms with E-state index >= 15 is 0 Å². The topological polar surface area (TPSA) is 86.7 Å². The average Bonchev–Trinajstić information content (AvgIpc) is 2.63. The maximum Gasteiger partial charge on any atom is 0.306 e. The Balaban J connectivity index is 1.82. The van der Waals surface area contributed by atoms with Crippen LogP contribution in [0.4, 0.5) is 0 Å². The van der Waals surface area contributed by atoms with Crippen molar-refractivity contribution in [3.05, 3.63) is 39.9 Å². The number of piperidine rings is 1. The lowest BCUT2D eigenvalue weighted by atomic mass is 10.0. The number of likely N-dealkylation sites (tertiary alicyclic amines) is 1. The Morgan fingerprint density at radius 2 is 1.96 bits per heavy atom. The van der Waals surface area contributed by atoms with Gasteiger partial charge in [-0.2, -0.15) is 0 Å². The lowest BCUT2D eigenvalue weighted by Crippen LogP contribution is -2.46. The number of amides is 2. The molecule has 0 aromatic heterocycles. The molecule has 1 fully saturated rings. The molecule has 1 saturated heterocycles. The molecule has 2 rings (SSSR count). The molecule has 1 aromatic carbocycles. The maximum atomic E-state index is 12.3. The number of nitrogens with zero attached hydrogens (tertiary/aromatic N) is 1. The number of rotatable bonds is 6. The molecule has 0 radical (unpaired) electrons. The predicted molar refractivity (Wildman–Crippen MR) is 105 cm³/mol. The number of carboxylic acid groups (broad SMARTS) is 1. The van der Waals surface area contributed by atoms with Gasteiger partial charge in [-0.05, 0) is 30.5 Å². The van der Waals surface area contributed by atoms with Crippen molar-refractivity contribution >= 4 is 47.1 Å². The molecule has 1 aliphatic heterocycles. The van der Waals surface area contributed by atoms with Crippen molar-refractivity contribution in [2.24, 2.45) is 5.92 Å². The molecule has 1 atom stereocenters. The average molecular weight is 413 g/mol. The Kier molecular flexibility index (Phi) is 7.68. The van der Waals surface area contributed by atoms with Crippen molar-refractivity contribution in [2.45, 2.75) is 32.2 Å². The van der Waals surface area contributed by atoms with Gasteiger partial charge in [0.2, 0.25) is 11.8 Å². The highest BCUT2D eigenvalue weighted by Gasteiger charge is 2.24. The fourth-order valence-corrected chi connectivity index (χ4v) is 3.18. The van der Waals surface area contributed by atoms with E-state index in [1.165, 1.54) is 13.0 Å². The Morgan fingerprint density at radius 3 is 2.59 bits per heavy atom. The summed E-state index contributed by atoms with van der Waals surface area (Å²) in [5.41, 5.74) is 0.673. The largest absolute Gasteiger partial charge is 0.481 e. The van der Waals surface area contributed by atoms with Crippen LogP contribution in [0.1, 0.15) is 31.7 Å². The van der Waals surface area contributed by atoms with Gasteiger partial charge in [-0.15, -0.1) is 0 Å². The zero-order chi connectivity index (χ0) is 20.0. The van der Waals surface area contributed by atoms with E-state index < -0.39 is 11.9 Å². The summed E-state index contributed by atoms with van der Waals surface area (Å²) in [6.45, 7) is 2.54. The Bertz CT molecular complexity index is 743. The number of carboxylic acids is 1. The van der Waals surface area contributed by atoms with Gasteiger partial charge >= 0.3 is 5.97 Å². The van der Waals surface area contributed by atoms with Gasteiger partial charge in [-0.25, -0.2) is 0 Å². The molecule has 0 bridgehead atoms. The summed E-state index contributed by atoms with van der Waals surface area (Å²) < 4.78 is 0. The van der Waals surface area contributed by atoms with E-state index in [0.29, 0.717) is 41.5 Å². The third-order valence-corrected chi connectivity index (χ3v) is 5.31. The summed E-state index contributed by atoms with van der Waals surface area (Å²) in [7, 11) is 0. The third kappa shape index (κ3) is 6.26. The second-order valence-electron chi connectivity index (χ2n) is 6.59. The number of aliphatic carboxylic acids is 1. The van der Waals surface area contributed by atoms with E-state index in [1.54, 1.807) is 29.2 Å². The van der Waals surface area contributed by atoms with Crippen LogP contribution in [0.25, 0.3) is 6.08 Å². The van der Waals surface area contributed by atoms with Crippen molar-refractivity contribution in [2.75, 3.05) is 13.1 Å². The second-order valence-corrected chi connectivity index (χ2v) is 7.37. The van der Waals surface area contributed by atoms with E-state index in [9.17, 15) is 14.4 Å². The Hall–Kier alpha value is -2.05. The zero-order valence-corrected chi connectivity index (χ0v) is 16.5. The van der Waals surface area contributed by atoms with Crippen LogP contribution < -0.4 is 5.32 Å². The monoisotopic (exact) mass is 412 g/mol. The van der Waals surface area contributed by atoms with Crippen molar-refractivity contribution in [1.82, 2.24) is 10.2 Å². The van der Waals surface area contributed by atoms with Gasteiger partial charge in [0.1, 0.15) is 0 Å². The first kappa shape index (κ1) is 21.3. The molecule has 0 spiro atoms. The lowest BCUT2D eigenvalue weighted by Gasteiger charge is -2.32. The number of hydrogen-bond donors (Lipinski definition) is 2. The van der Waals surface area contributed by atoms with Crippen molar-refractivity contribution in [3.8, 4) is 0 Å². The molecular weight excluding hydrogens is 391 g/mol. The molecule has 2 N–H and O–H groups in total. The number of carbonyl (C=O) groups is 3. The highest BCUT2D eigenvalue weighted by Crippen LogP contribution is 2.26. The van der Waals surface area contributed by atoms with Gasteiger partial charge in [-0.1, -0.05) is 42.3 Å². The van der Waals surface area contributed by atoms with Crippen LogP contribution >= 0.6 is 23.2 Å². The maximum absolute atomic E-state index is 12.3. The molecule has 1 aromatic rings. The zero-order valence-electron chi connectivity index (χ0n) is 15.0. The van der Waals surface area contributed by atoms with E-state index in [-0.39, 0.29) is 24.3 Å². The number of halogens is 2. The number of hydrogen-bond acceptors (Lipinski definition) is 3. The van der Waals surface area contributed by atoms with E-state index in [2.05, 4.69) is 5.32 Å². The summed E-state index contributed by atoms with van der Waals surface area (Å²) >= 11 is 12.1. The van der Waals surface area contributed by atoms with Gasteiger partial charge in [0, 0.05) is 31.6 Å². The highest BCUT2D eigenvalue weighted by atomic mass is 35.5. The molecule has 1 aliphatic rings. The van der Waals surface area contributed by atoms with Gasteiger partial charge < -0.3 is 15.3 Å². The smallest absolute Gasteiger partial charge is 0.306 e. The molecule has 27 heavy (non-hydrogen) atoms. The number of benzene rings is 1. The van der Waals surface area contributed by atoms with Gasteiger partial charge in [0.05, 0.1) is 16.0 Å². The Morgan fingerprint density at radius 1 is 1.30 bits per heavy atom. The first-order valence-corrected chi connectivity index (χ1v) is 9.46. The first-order valence-electron chi connectivity index (χ1n) is 8.71. The SMILES string of the molecule is C[C@@H](CC(=O)NC1CCN(C(=O)/C=C/c2cccc(Cl)c2Cl)CC1)C(=O)O. The number of carbonyl (C=O) groups excluding carboxylic acids is 2. The van der Waals surface area contributed by atoms with Crippen LogP contribution in [0.15, 0.2) is 24.3 Å². The van der Waals surface area contributed by atoms with E-state index in [0.717, 1.165) is 0 Å². The summed E-state index contributed by atoms with van der Waals surface area (Å²) in [5, 5.41) is 12.5. The molecule has 0 aliphatic carbocycles. The molecule has 0 unspecified atom stereocenters. The molecule has 6 nitrogen and oxygen atoms in total. The molecule has 146 valence electrons. The van der Waals surface area contributed by atoms with Crippen molar-refractivity contribution in [1.29, 1.82) is 0 Å². The minimum absolute atomic E-state index is 0.0440. The number of nitrogens with one attached hydrogen (secondary N) is 1. The summed E-state index contributed by atoms with van der Waals surface area (Å²) in [5.74, 6) is -2.10.